The minimum atomic E-state index is 0.272. The molecule has 2 rings (SSSR count). The van der Waals surface area contributed by atoms with Gasteiger partial charge < -0.3 is 15.0 Å². The Balaban J connectivity index is 2.02. The highest BCUT2D eigenvalue weighted by molar-refractivity contribution is 6.31. The van der Waals surface area contributed by atoms with Gasteiger partial charge in [0.1, 0.15) is 0 Å². The maximum Gasteiger partial charge on any atom is 0.0511 e. The summed E-state index contributed by atoms with van der Waals surface area (Å²) in [6, 6.07) is 6.61. The zero-order valence-electron chi connectivity index (χ0n) is 12.7. The van der Waals surface area contributed by atoms with E-state index >= 15 is 0 Å². The second kappa shape index (κ2) is 7.30. The molecule has 0 aromatic heterocycles. The molecule has 1 aliphatic rings. The Bertz CT molecular complexity index is 432. The molecule has 0 spiro atoms. The minimum Gasteiger partial charge on any atom is -0.381 e. The van der Waals surface area contributed by atoms with Crippen LogP contribution in [0.1, 0.15) is 31.4 Å². The van der Waals surface area contributed by atoms with Crippen LogP contribution in [0.15, 0.2) is 18.2 Å². The second-order valence-electron chi connectivity index (χ2n) is 5.68. The summed E-state index contributed by atoms with van der Waals surface area (Å²) in [5.41, 5.74) is 2.32. The lowest BCUT2D eigenvalue weighted by molar-refractivity contribution is 0.0576. The number of hydrogen-bond donors (Lipinski definition) is 1. The number of anilines is 1. The summed E-state index contributed by atoms with van der Waals surface area (Å²) in [5.74, 6) is 0.628. The van der Waals surface area contributed by atoms with E-state index < -0.39 is 0 Å². The first-order valence-electron chi connectivity index (χ1n) is 7.37. The highest BCUT2D eigenvalue weighted by Gasteiger charge is 2.17. The van der Waals surface area contributed by atoms with Crippen molar-refractivity contribution in [2.24, 2.45) is 5.92 Å². The van der Waals surface area contributed by atoms with Crippen LogP contribution in [0.4, 0.5) is 5.69 Å². The standard InChI is InChI=1S/C16H25ClN2O/c1-12(18-2)15-7-6-14(9-16(15)17)19(3)10-13-5-4-8-20-11-13/h6-7,9,12-13,18H,4-5,8,10-11H2,1-3H3. The summed E-state index contributed by atoms with van der Waals surface area (Å²) in [6.07, 6.45) is 2.44. The fourth-order valence-corrected chi connectivity index (χ4v) is 3.04. The molecule has 1 aliphatic heterocycles. The molecule has 0 aliphatic carbocycles. The molecule has 112 valence electrons. The van der Waals surface area contributed by atoms with Gasteiger partial charge in [0.2, 0.25) is 0 Å². The van der Waals surface area contributed by atoms with Gasteiger partial charge in [-0.15, -0.1) is 0 Å². The SMILES string of the molecule is CNC(C)c1ccc(N(C)CC2CCCOC2)cc1Cl. The number of hydrogen-bond acceptors (Lipinski definition) is 3. The summed E-state index contributed by atoms with van der Waals surface area (Å²) in [6.45, 7) is 4.94. The average molecular weight is 297 g/mol. The van der Waals surface area contributed by atoms with Gasteiger partial charge in [0.15, 0.2) is 0 Å². The molecule has 0 radical (unpaired) electrons. The maximum atomic E-state index is 6.40. The van der Waals surface area contributed by atoms with Gasteiger partial charge in [0, 0.05) is 37.0 Å². The molecule has 1 aromatic carbocycles. The Hall–Kier alpha value is -0.770. The Morgan fingerprint density at radius 1 is 1.50 bits per heavy atom. The highest BCUT2D eigenvalue weighted by Crippen LogP contribution is 2.28. The predicted octanol–water partition coefficient (Wildman–Crippen LogP) is 3.48. The number of benzene rings is 1. The quantitative estimate of drug-likeness (QED) is 0.900. The van der Waals surface area contributed by atoms with Crippen LogP contribution in [-0.2, 0) is 4.74 Å². The zero-order chi connectivity index (χ0) is 14.5. The Labute approximate surface area is 127 Å². The third-order valence-corrected chi connectivity index (χ3v) is 4.44. The molecule has 4 heteroatoms. The third-order valence-electron chi connectivity index (χ3n) is 4.11. The minimum absolute atomic E-state index is 0.272. The average Bonchev–Trinajstić information content (AvgIpc) is 2.47. The number of nitrogens with one attached hydrogen (secondary N) is 1. The lowest BCUT2D eigenvalue weighted by Gasteiger charge is -2.29. The van der Waals surface area contributed by atoms with Crippen molar-refractivity contribution < 1.29 is 4.74 Å². The summed E-state index contributed by atoms with van der Waals surface area (Å²) in [7, 11) is 4.07. The van der Waals surface area contributed by atoms with E-state index in [1.807, 2.05) is 7.05 Å². The van der Waals surface area contributed by atoms with Gasteiger partial charge in [-0.2, -0.15) is 0 Å². The molecule has 2 unspecified atom stereocenters. The van der Waals surface area contributed by atoms with Gasteiger partial charge in [-0.1, -0.05) is 17.7 Å². The molecule has 0 saturated carbocycles. The first-order valence-corrected chi connectivity index (χ1v) is 7.75. The second-order valence-corrected chi connectivity index (χ2v) is 6.09. The summed E-state index contributed by atoms with van der Waals surface area (Å²) < 4.78 is 5.55. The van der Waals surface area contributed by atoms with E-state index in [9.17, 15) is 0 Å². The molecule has 0 amide bonds. The van der Waals surface area contributed by atoms with Crippen molar-refractivity contribution in [2.45, 2.75) is 25.8 Å². The van der Waals surface area contributed by atoms with Crippen molar-refractivity contribution in [1.29, 1.82) is 0 Å². The summed E-state index contributed by atoms with van der Waals surface area (Å²) >= 11 is 6.40. The van der Waals surface area contributed by atoms with Gasteiger partial charge in [-0.3, -0.25) is 0 Å². The summed E-state index contributed by atoms with van der Waals surface area (Å²) in [4.78, 5) is 2.28. The number of ether oxygens (including phenoxy) is 1. The first kappa shape index (κ1) is 15.6. The van der Waals surface area contributed by atoms with E-state index in [0.29, 0.717) is 5.92 Å². The van der Waals surface area contributed by atoms with Gasteiger partial charge in [-0.05, 0) is 50.4 Å². The van der Waals surface area contributed by atoms with E-state index in [0.717, 1.165) is 30.3 Å². The van der Waals surface area contributed by atoms with E-state index in [-0.39, 0.29) is 6.04 Å². The van der Waals surface area contributed by atoms with Crippen LogP contribution < -0.4 is 10.2 Å². The van der Waals surface area contributed by atoms with Gasteiger partial charge >= 0.3 is 0 Å². The lowest BCUT2D eigenvalue weighted by Crippen LogP contribution is -2.30. The third kappa shape index (κ3) is 3.87. The van der Waals surface area contributed by atoms with Crippen molar-refractivity contribution >= 4 is 17.3 Å². The molecule has 1 aromatic rings. The highest BCUT2D eigenvalue weighted by atomic mass is 35.5. The zero-order valence-corrected chi connectivity index (χ0v) is 13.4. The predicted molar refractivity (Wildman–Crippen MR) is 85.7 cm³/mol. The molecule has 1 heterocycles. The number of nitrogens with zero attached hydrogens (tertiary/aromatic N) is 1. The van der Waals surface area contributed by atoms with Gasteiger partial charge in [-0.25, -0.2) is 0 Å². The van der Waals surface area contributed by atoms with Crippen LogP contribution in [0.25, 0.3) is 0 Å². The molecule has 3 nitrogen and oxygen atoms in total. The molecular formula is C16H25ClN2O. The smallest absolute Gasteiger partial charge is 0.0511 e. The van der Waals surface area contributed by atoms with Crippen molar-refractivity contribution in [1.82, 2.24) is 5.32 Å². The molecule has 0 bridgehead atoms. The first-order chi connectivity index (χ1) is 9.61. The van der Waals surface area contributed by atoms with Crippen LogP contribution in [0.3, 0.4) is 0 Å². The molecular weight excluding hydrogens is 272 g/mol. The van der Waals surface area contributed by atoms with Gasteiger partial charge in [0.05, 0.1) is 6.61 Å². The molecule has 1 N–H and O–H groups in total. The topological polar surface area (TPSA) is 24.5 Å². The molecule has 1 fully saturated rings. The van der Waals surface area contributed by atoms with Gasteiger partial charge in [0.25, 0.3) is 0 Å². The van der Waals surface area contributed by atoms with Crippen LogP contribution in [0.5, 0.6) is 0 Å². The maximum absolute atomic E-state index is 6.40. The summed E-state index contributed by atoms with van der Waals surface area (Å²) in [5, 5.41) is 4.05. The monoisotopic (exact) mass is 296 g/mol. The van der Waals surface area contributed by atoms with E-state index in [2.05, 4.69) is 42.4 Å². The van der Waals surface area contributed by atoms with Crippen molar-refractivity contribution in [3.05, 3.63) is 28.8 Å². The molecule has 20 heavy (non-hydrogen) atoms. The molecule has 1 saturated heterocycles. The lowest BCUT2D eigenvalue weighted by atomic mass is 10.0. The Morgan fingerprint density at radius 3 is 2.90 bits per heavy atom. The van der Waals surface area contributed by atoms with Crippen LogP contribution in [0.2, 0.25) is 5.02 Å². The number of rotatable bonds is 5. The number of halogens is 1. The van der Waals surface area contributed by atoms with Crippen molar-refractivity contribution in [3.63, 3.8) is 0 Å². The van der Waals surface area contributed by atoms with Crippen LogP contribution in [0, 0.1) is 5.92 Å². The van der Waals surface area contributed by atoms with Crippen molar-refractivity contribution in [3.8, 4) is 0 Å². The Kier molecular flexibility index (Phi) is 5.70. The Morgan fingerprint density at radius 2 is 2.30 bits per heavy atom. The fourth-order valence-electron chi connectivity index (χ4n) is 2.70. The fraction of sp³-hybridized carbons (Fsp3) is 0.625. The van der Waals surface area contributed by atoms with E-state index in [1.165, 1.54) is 18.5 Å². The largest absolute Gasteiger partial charge is 0.381 e. The van der Waals surface area contributed by atoms with Crippen molar-refractivity contribution in [2.75, 3.05) is 38.8 Å². The van der Waals surface area contributed by atoms with E-state index in [1.54, 1.807) is 0 Å². The van der Waals surface area contributed by atoms with Crippen LogP contribution in [-0.4, -0.2) is 33.9 Å². The normalized spacial score (nSPS) is 20.7. The van der Waals surface area contributed by atoms with E-state index in [4.69, 9.17) is 16.3 Å². The molecule has 2 atom stereocenters. The van der Waals surface area contributed by atoms with Crippen LogP contribution >= 0.6 is 11.6 Å².